The molecule has 1 fully saturated rings. The van der Waals surface area contributed by atoms with Crippen molar-refractivity contribution < 1.29 is 44.7 Å². The lowest BCUT2D eigenvalue weighted by Gasteiger charge is -2.40. The third kappa shape index (κ3) is 7.30. The first-order valence-corrected chi connectivity index (χ1v) is 13.9. The molecule has 2 atom stereocenters. The second-order valence-electron chi connectivity index (χ2n) is 10.6. The maximum Gasteiger partial charge on any atom is 0.416 e. The van der Waals surface area contributed by atoms with Crippen LogP contribution in [-0.2, 0) is 18.8 Å². The van der Waals surface area contributed by atoms with Crippen molar-refractivity contribution >= 4 is 34.4 Å². The van der Waals surface area contributed by atoms with E-state index < -0.39 is 69.9 Å². The van der Waals surface area contributed by atoms with Crippen molar-refractivity contribution in [2.45, 2.75) is 43.7 Å². The van der Waals surface area contributed by atoms with Crippen molar-refractivity contribution in [3.63, 3.8) is 0 Å². The van der Waals surface area contributed by atoms with E-state index in [-0.39, 0.29) is 42.8 Å². The number of hydrogen-bond donors (Lipinski definition) is 1. The second-order valence-corrected chi connectivity index (χ2v) is 11.0. The normalized spacial score (nSPS) is 17.4. The summed E-state index contributed by atoms with van der Waals surface area (Å²) in [5.41, 5.74) is -4.08. The van der Waals surface area contributed by atoms with Crippen molar-refractivity contribution in [3.05, 3.63) is 116 Å². The number of halogens is 8. The number of nitrogens with one attached hydrogen (secondary N) is 1. The lowest BCUT2D eigenvalue weighted by atomic mass is 9.91. The van der Waals surface area contributed by atoms with E-state index in [1.807, 2.05) is 0 Å². The van der Waals surface area contributed by atoms with E-state index >= 15 is 0 Å². The fourth-order valence-electron chi connectivity index (χ4n) is 5.28. The molecule has 2 heterocycles. The Labute approximate surface area is 255 Å². The maximum absolute atomic E-state index is 13.7. The summed E-state index contributed by atoms with van der Waals surface area (Å²) in [6.07, 6.45) is -10.0. The number of likely N-dealkylation sites (tertiary alicyclic amines) is 1. The number of nitrogens with zero attached hydrogens (tertiary/aromatic N) is 1. The Morgan fingerprint density at radius 1 is 0.911 bits per heavy atom. The van der Waals surface area contributed by atoms with Crippen LogP contribution in [0.1, 0.15) is 50.4 Å². The van der Waals surface area contributed by atoms with Crippen LogP contribution in [-0.4, -0.2) is 35.3 Å². The third-order valence-corrected chi connectivity index (χ3v) is 7.70. The minimum absolute atomic E-state index is 0.0523. The number of piperidine rings is 1. The molecule has 1 aliphatic rings. The van der Waals surface area contributed by atoms with Crippen LogP contribution in [0.25, 0.3) is 11.0 Å². The molecular formula is C31H22ClF7N2O4. The minimum atomic E-state index is -5.14. The van der Waals surface area contributed by atoms with Gasteiger partial charge in [0.15, 0.2) is 11.2 Å². The van der Waals surface area contributed by atoms with E-state index in [9.17, 15) is 45.1 Å². The van der Waals surface area contributed by atoms with Crippen LogP contribution in [0.3, 0.4) is 0 Å². The van der Waals surface area contributed by atoms with E-state index in [1.165, 1.54) is 11.0 Å². The molecule has 45 heavy (non-hydrogen) atoms. The molecule has 4 aromatic rings. The summed E-state index contributed by atoms with van der Waals surface area (Å²) in [6.45, 7) is -0.132. The monoisotopic (exact) mass is 654 g/mol. The van der Waals surface area contributed by atoms with Gasteiger partial charge in [-0.25, -0.2) is 4.39 Å². The molecule has 0 bridgehead atoms. The van der Waals surface area contributed by atoms with Crippen LogP contribution in [0.2, 0.25) is 5.02 Å². The predicted molar refractivity (Wildman–Crippen MR) is 149 cm³/mol. The first kappa shape index (κ1) is 32.0. The fourth-order valence-corrected chi connectivity index (χ4v) is 5.40. The standard InChI is InChI=1S/C31H22ClF7N2O4/c32-20-3-1-16(2-4-20)9-23-14-22(40-28(43)27-15-25(42)24-6-5-21(33)13-26(24)45-27)7-8-41(23)29(44)17-10-18(30(34,35)36)12-19(11-17)31(37,38)39/h1-6,10-13,15,22-23H,7-9,14H2,(H,40,43)/t22-,23+/m0/s1. The number of alkyl halides is 6. The maximum atomic E-state index is 13.7. The van der Waals surface area contributed by atoms with E-state index in [1.54, 1.807) is 24.3 Å². The lowest BCUT2D eigenvalue weighted by molar-refractivity contribution is -0.143. The van der Waals surface area contributed by atoms with Crippen molar-refractivity contribution in [3.8, 4) is 0 Å². The van der Waals surface area contributed by atoms with Crippen LogP contribution < -0.4 is 10.7 Å². The van der Waals surface area contributed by atoms with Gasteiger partial charge in [-0.15, -0.1) is 0 Å². The molecule has 1 aromatic heterocycles. The van der Waals surface area contributed by atoms with Gasteiger partial charge < -0.3 is 14.6 Å². The summed E-state index contributed by atoms with van der Waals surface area (Å²) in [4.78, 5) is 40.2. The van der Waals surface area contributed by atoms with Crippen molar-refractivity contribution in [2.24, 2.45) is 0 Å². The fraction of sp³-hybridized carbons (Fsp3) is 0.258. The molecule has 0 aliphatic carbocycles. The highest BCUT2D eigenvalue weighted by Crippen LogP contribution is 2.37. The zero-order chi connectivity index (χ0) is 32.7. The van der Waals surface area contributed by atoms with Crippen LogP contribution in [0.4, 0.5) is 30.7 Å². The minimum Gasteiger partial charge on any atom is -0.451 e. The van der Waals surface area contributed by atoms with Gasteiger partial charge in [0.25, 0.3) is 11.8 Å². The molecule has 0 saturated carbocycles. The number of hydrogen-bond acceptors (Lipinski definition) is 4. The van der Waals surface area contributed by atoms with Gasteiger partial charge >= 0.3 is 12.4 Å². The number of fused-ring (bicyclic) bond motifs is 1. The van der Waals surface area contributed by atoms with Gasteiger partial charge in [0.05, 0.1) is 16.5 Å². The molecule has 1 N–H and O–H groups in total. The van der Waals surface area contributed by atoms with Crippen molar-refractivity contribution in [1.29, 1.82) is 0 Å². The van der Waals surface area contributed by atoms with Crippen LogP contribution >= 0.6 is 11.6 Å². The van der Waals surface area contributed by atoms with Crippen molar-refractivity contribution in [2.75, 3.05) is 6.54 Å². The SMILES string of the molecule is O=C(N[C@H]1CCN(C(=O)c2cc(C(F)(F)F)cc(C(F)(F)F)c2)[C@H](Cc2ccc(Cl)cc2)C1)c1cc(=O)c2ccc(F)cc2o1. The van der Waals surface area contributed by atoms with Gasteiger partial charge in [0.2, 0.25) is 0 Å². The molecule has 236 valence electrons. The van der Waals surface area contributed by atoms with Crippen molar-refractivity contribution in [1.82, 2.24) is 10.2 Å². The molecular weight excluding hydrogens is 633 g/mol. The Bertz CT molecular complexity index is 1790. The smallest absolute Gasteiger partial charge is 0.416 e. The molecule has 0 spiro atoms. The first-order valence-electron chi connectivity index (χ1n) is 13.5. The average molecular weight is 655 g/mol. The molecule has 2 amide bonds. The summed E-state index contributed by atoms with van der Waals surface area (Å²) < 4.78 is 100. The second kappa shape index (κ2) is 12.2. The number of amides is 2. The van der Waals surface area contributed by atoms with Crippen LogP contribution in [0.15, 0.2) is 75.9 Å². The van der Waals surface area contributed by atoms with Gasteiger partial charge in [-0.3, -0.25) is 14.4 Å². The van der Waals surface area contributed by atoms with E-state index in [2.05, 4.69) is 5.32 Å². The quantitative estimate of drug-likeness (QED) is 0.230. The number of rotatable bonds is 5. The Hall–Kier alpha value is -4.39. The third-order valence-electron chi connectivity index (χ3n) is 7.45. The van der Waals surface area contributed by atoms with Gasteiger partial charge in [-0.1, -0.05) is 23.7 Å². The number of carbonyl (C=O) groups is 2. The molecule has 0 unspecified atom stereocenters. The summed E-state index contributed by atoms with van der Waals surface area (Å²) in [6, 6.07) is 9.96. The topological polar surface area (TPSA) is 79.6 Å². The zero-order valence-corrected chi connectivity index (χ0v) is 23.7. The number of benzene rings is 3. The Balaban J connectivity index is 1.43. The highest BCUT2D eigenvalue weighted by atomic mass is 35.5. The predicted octanol–water partition coefficient (Wildman–Crippen LogP) is 7.27. The molecule has 6 nitrogen and oxygen atoms in total. The van der Waals surface area contributed by atoms with E-state index in [4.69, 9.17) is 16.0 Å². The molecule has 1 aliphatic heterocycles. The first-order chi connectivity index (χ1) is 21.1. The number of carbonyl (C=O) groups excluding carboxylic acids is 2. The molecule has 14 heteroatoms. The van der Waals surface area contributed by atoms with Crippen LogP contribution in [0, 0.1) is 5.82 Å². The van der Waals surface area contributed by atoms with Gasteiger partial charge in [0.1, 0.15) is 11.4 Å². The Kier molecular flexibility index (Phi) is 8.67. The van der Waals surface area contributed by atoms with E-state index in [0.29, 0.717) is 22.7 Å². The Morgan fingerprint density at radius 3 is 2.18 bits per heavy atom. The summed E-state index contributed by atoms with van der Waals surface area (Å²) in [5, 5.41) is 3.18. The Morgan fingerprint density at radius 2 is 1.56 bits per heavy atom. The van der Waals surface area contributed by atoms with Gasteiger partial charge in [-0.2, -0.15) is 26.3 Å². The largest absolute Gasteiger partial charge is 0.451 e. The molecule has 1 saturated heterocycles. The van der Waals surface area contributed by atoms with Gasteiger partial charge in [-0.05, 0) is 67.3 Å². The summed E-state index contributed by atoms with van der Waals surface area (Å²) in [5.74, 6) is -2.93. The molecule has 3 aromatic carbocycles. The average Bonchev–Trinajstić information content (AvgIpc) is 2.96. The highest BCUT2D eigenvalue weighted by Gasteiger charge is 2.39. The molecule has 5 rings (SSSR count). The lowest BCUT2D eigenvalue weighted by Crippen LogP contribution is -2.52. The zero-order valence-electron chi connectivity index (χ0n) is 22.9. The van der Waals surface area contributed by atoms with E-state index in [0.717, 1.165) is 18.2 Å². The van der Waals surface area contributed by atoms with Gasteiger partial charge in [0, 0.05) is 41.3 Å². The summed E-state index contributed by atoms with van der Waals surface area (Å²) >= 11 is 5.96. The highest BCUT2D eigenvalue weighted by molar-refractivity contribution is 6.30. The summed E-state index contributed by atoms with van der Waals surface area (Å²) in [7, 11) is 0. The molecule has 0 radical (unpaired) electrons. The van der Waals surface area contributed by atoms with Crippen LogP contribution in [0.5, 0.6) is 0 Å².